The Balaban J connectivity index is 2.85. The summed E-state index contributed by atoms with van der Waals surface area (Å²) in [6.07, 6.45) is 1.71. The van der Waals surface area contributed by atoms with Gasteiger partial charge in [-0.1, -0.05) is 19.9 Å². The average Bonchev–Trinajstić information content (AvgIpc) is 2.18. The Morgan fingerprint density at radius 3 is 2.69 bits per heavy atom. The largest absolute Gasteiger partial charge is 0.396 e. The maximum absolute atomic E-state index is 9.12. The summed E-state index contributed by atoms with van der Waals surface area (Å²) in [6.45, 7) is 3.91. The lowest BCUT2D eigenvalue weighted by Gasteiger charge is -2.28. The van der Waals surface area contributed by atoms with E-state index in [2.05, 4.69) is 4.98 Å². The number of hydrogen-bond donors (Lipinski definition) is 2. The van der Waals surface area contributed by atoms with Gasteiger partial charge in [-0.05, 0) is 12.1 Å². The maximum atomic E-state index is 9.12. The molecule has 1 aromatic heterocycles. The Bertz CT molecular complexity index is 259. The minimum Gasteiger partial charge on any atom is -0.396 e. The SMILES string of the molecule is CC(C)(CO)[C@H](N)c1ccccn1. The van der Waals surface area contributed by atoms with Crippen molar-refractivity contribution >= 4 is 0 Å². The molecule has 0 saturated carbocycles. The molecular weight excluding hydrogens is 164 g/mol. The Labute approximate surface area is 78.6 Å². The number of rotatable bonds is 3. The first-order valence-corrected chi connectivity index (χ1v) is 4.35. The van der Waals surface area contributed by atoms with Crippen molar-refractivity contribution in [3.63, 3.8) is 0 Å². The summed E-state index contributed by atoms with van der Waals surface area (Å²) in [5.41, 5.74) is 6.46. The van der Waals surface area contributed by atoms with Crippen molar-refractivity contribution in [2.45, 2.75) is 19.9 Å². The lowest BCUT2D eigenvalue weighted by atomic mass is 9.84. The molecular formula is C10H16N2O. The smallest absolute Gasteiger partial charge is 0.0577 e. The Kier molecular flexibility index (Phi) is 3.01. The van der Waals surface area contributed by atoms with Crippen LogP contribution < -0.4 is 5.73 Å². The number of aliphatic hydroxyl groups excluding tert-OH is 1. The highest BCUT2D eigenvalue weighted by Gasteiger charge is 2.27. The summed E-state index contributed by atoms with van der Waals surface area (Å²) in [4.78, 5) is 4.16. The predicted molar refractivity (Wildman–Crippen MR) is 52.0 cm³/mol. The van der Waals surface area contributed by atoms with Crippen LogP contribution in [0.5, 0.6) is 0 Å². The second-order valence-corrected chi connectivity index (χ2v) is 3.88. The maximum Gasteiger partial charge on any atom is 0.0577 e. The van der Waals surface area contributed by atoms with Crippen molar-refractivity contribution < 1.29 is 5.11 Å². The Hall–Kier alpha value is -0.930. The van der Waals surface area contributed by atoms with Gasteiger partial charge >= 0.3 is 0 Å². The number of pyridine rings is 1. The third-order valence-electron chi connectivity index (χ3n) is 2.26. The van der Waals surface area contributed by atoms with E-state index in [1.807, 2.05) is 32.0 Å². The van der Waals surface area contributed by atoms with Crippen LogP contribution in [0, 0.1) is 5.41 Å². The van der Waals surface area contributed by atoms with Crippen molar-refractivity contribution in [3.05, 3.63) is 30.1 Å². The minimum absolute atomic E-state index is 0.0603. The highest BCUT2D eigenvalue weighted by Crippen LogP contribution is 2.28. The van der Waals surface area contributed by atoms with Crippen LogP contribution in [0.4, 0.5) is 0 Å². The molecule has 1 rings (SSSR count). The zero-order valence-corrected chi connectivity index (χ0v) is 8.07. The molecule has 3 heteroatoms. The quantitative estimate of drug-likeness (QED) is 0.732. The summed E-state index contributed by atoms with van der Waals surface area (Å²) < 4.78 is 0. The van der Waals surface area contributed by atoms with Crippen LogP contribution in [-0.2, 0) is 0 Å². The number of aliphatic hydroxyl groups is 1. The number of nitrogens with zero attached hydrogens (tertiary/aromatic N) is 1. The van der Waals surface area contributed by atoms with Crippen LogP contribution in [0.1, 0.15) is 25.6 Å². The van der Waals surface area contributed by atoms with Crippen molar-refractivity contribution in [2.24, 2.45) is 11.1 Å². The normalized spacial score (nSPS) is 14.2. The van der Waals surface area contributed by atoms with Crippen molar-refractivity contribution in [1.29, 1.82) is 0 Å². The molecule has 3 N–H and O–H groups in total. The summed E-state index contributed by atoms with van der Waals surface area (Å²) in [5.74, 6) is 0. The van der Waals surface area contributed by atoms with Gasteiger partial charge in [-0.2, -0.15) is 0 Å². The van der Waals surface area contributed by atoms with Crippen LogP contribution in [0.15, 0.2) is 24.4 Å². The summed E-state index contributed by atoms with van der Waals surface area (Å²) >= 11 is 0. The fraction of sp³-hybridized carbons (Fsp3) is 0.500. The van der Waals surface area contributed by atoms with Gasteiger partial charge in [0, 0.05) is 11.6 Å². The van der Waals surface area contributed by atoms with E-state index in [0.717, 1.165) is 5.69 Å². The van der Waals surface area contributed by atoms with Crippen LogP contribution >= 0.6 is 0 Å². The average molecular weight is 180 g/mol. The van der Waals surface area contributed by atoms with E-state index in [1.165, 1.54) is 0 Å². The molecule has 72 valence electrons. The van der Waals surface area contributed by atoms with Gasteiger partial charge in [-0.15, -0.1) is 0 Å². The molecule has 13 heavy (non-hydrogen) atoms. The predicted octanol–water partition coefficient (Wildman–Crippen LogP) is 1.10. The summed E-state index contributed by atoms with van der Waals surface area (Å²) in [7, 11) is 0. The van der Waals surface area contributed by atoms with E-state index in [0.29, 0.717) is 0 Å². The second kappa shape index (κ2) is 3.85. The number of hydrogen-bond acceptors (Lipinski definition) is 3. The lowest BCUT2D eigenvalue weighted by molar-refractivity contribution is 0.130. The Morgan fingerprint density at radius 2 is 2.23 bits per heavy atom. The zero-order valence-electron chi connectivity index (χ0n) is 8.07. The standard InChI is InChI=1S/C10H16N2O/c1-10(2,7-13)9(11)8-5-3-4-6-12-8/h3-6,9,13H,7,11H2,1-2H3/t9-/m1/s1. The van der Waals surface area contributed by atoms with E-state index in [-0.39, 0.29) is 18.1 Å². The van der Waals surface area contributed by atoms with Crippen molar-refractivity contribution in [2.75, 3.05) is 6.61 Å². The van der Waals surface area contributed by atoms with E-state index >= 15 is 0 Å². The third-order valence-corrected chi connectivity index (χ3v) is 2.26. The first-order valence-electron chi connectivity index (χ1n) is 4.35. The highest BCUT2D eigenvalue weighted by atomic mass is 16.3. The molecule has 0 amide bonds. The fourth-order valence-corrected chi connectivity index (χ4v) is 1.06. The molecule has 0 saturated heterocycles. The first-order chi connectivity index (χ1) is 6.08. The summed E-state index contributed by atoms with van der Waals surface area (Å²) in [5, 5.41) is 9.12. The first kappa shape index (κ1) is 10.2. The van der Waals surface area contributed by atoms with Crippen LogP contribution in [0.25, 0.3) is 0 Å². The van der Waals surface area contributed by atoms with Crippen molar-refractivity contribution in [1.82, 2.24) is 4.98 Å². The topological polar surface area (TPSA) is 59.1 Å². The van der Waals surface area contributed by atoms with Gasteiger partial charge < -0.3 is 10.8 Å². The molecule has 0 unspecified atom stereocenters. The highest BCUT2D eigenvalue weighted by molar-refractivity contribution is 5.10. The number of aromatic nitrogens is 1. The van der Waals surface area contributed by atoms with E-state index in [4.69, 9.17) is 10.8 Å². The monoisotopic (exact) mass is 180 g/mol. The molecule has 0 spiro atoms. The van der Waals surface area contributed by atoms with Crippen molar-refractivity contribution in [3.8, 4) is 0 Å². The molecule has 0 aliphatic rings. The third kappa shape index (κ3) is 2.26. The second-order valence-electron chi connectivity index (χ2n) is 3.88. The lowest BCUT2D eigenvalue weighted by Crippen LogP contribution is -2.32. The molecule has 0 aromatic carbocycles. The Morgan fingerprint density at radius 1 is 1.54 bits per heavy atom. The van der Waals surface area contributed by atoms with E-state index in [1.54, 1.807) is 6.20 Å². The van der Waals surface area contributed by atoms with Gasteiger partial charge in [0.05, 0.1) is 18.3 Å². The van der Waals surface area contributed by atoms with Crippen LogP contribution in [-0.4, -0.2) is 16.7 Å². The molecule has 3 nitrogen and oxygen atoms in total. The van der Waals surface area contributed by atoms with Gasteiger partial charge in [-0.25, -0.2) is 0 Å². The van der Waals surface area contributed by atoms with Crippen LogP contribution in [0.3, 0.4) is 0 Å². The minimum atomic E-state index is -0.325. The molecule has 0 aliphatic carbocycles. The zero-order chi connectivity index (χ0) is 9.90. The molecule has 1 atom stereocenters. The number of nitrogens with two attached hydrogens (primary N) is 1. The molecule has 1 aromatic rings. The van der Waals surface area contributed by atoms with Gasteiger partial charge in [0.2, 0.25) is 0 Å². The molecule has 1 heterocycles. The van der Waals surface area contributed by atoms with Gasteiger partial charge in [0.15, 0.2) is 0 Å². The molecule has 0 fully saturated rings. The fourth-order valence-electron chi connectivity index (χ4n) is 1.06. The summed E-state index contributed by atoms with van der Waals surface area (Å²) in [6, 6.07) is 5.40. The molecule has 0 bridgehead atoms. The van der Waals surface area contributed by atoms with Crippen LogP contribution in [0.2, 0.25) is 0 Å². The van der Waals surface area contributed by atoms with Gasteiger partial charge in [0.25, 0.3) is 0 Å². The van der Waals surface area contributed by atoms with E-state index in [9.17, 15) is 0 Å². The van der Waals surface area contributed by atoms with E-state index < -0.39 is 0 Å². The van der Waals surface area contributed by atoms with Gasteiger partial charge in [-0.3, -0.25) is 4.98 Å². The molecule has 0 aliphatic heterocycles. The molecule has 0 radical (unpaired) electrons. The van der Waals surface area contributed by atoms with Gasteiger partial charge in [0.1, 0.15) is 0 Å².